The molecule has 0 aromatic heterocycles. The summed E-state index contributed by atoms with van der Waals surface area (Å²) in [7, 11) is 0. The minimum absolute atomic E-state index is 0.0740. The van der Waals surface area contributed by atoms with Crippen LogP contribution in [0.1, 0.15) is 33.6 Å². The van der Waals surface area contributed by atoms with E-state index in [0.29, 0.717) is 6.61 Å². The molecule has 0 radical (unpaired) electrons. The lowest BCUT2D eigenvalue weighted by Crippen LogP contribution is -2.03. The number of ether oxygens (including phenoxy) is 1. The van der Waals surface area contributed by atoms with Crippen LogP contribution in [-0.2, 0) is 9.53 Å². The number of hydrogen-bond donors (Lipinski definition) is 0. The summed E-state index contributed by atoms with van der Waals surface area (Å²) in [5.41, 5.74) is 1.31. The largest absolute Gasteiger partial charge is 0.370 e. The molecule has 0 heterocycles. The first kappa shape index (κ1) is 13.1. The van der Waals surface area contributed by atoms with Crippen molar-refractivity contribution in [1.29, 1.82) is 0 Å². The van der Waals surface area contributed by atoms with Crippen LogP contribution in [0.2, 0.25) is 0 Å². The molecule has 14 heavy (non-hydrogen) atoms. The number of rotatable bonds is 7. The average molecular weight is 196 g/mol. The van der Waals surface area contributed by atoms with Crippen LogP contribution in [-0.4, -0.2) is 19.0 Å². The molecule has 0 saturated heterocycles. The minimum atomic E-state index is 0.0740. The SMILES string of the molecule is CC=CCCC(C)=CCOCC(C)=O. The molecule has 0 unspecified atom stereocenters. The van der Waals surface area contributed by atoms with Crippen LogP contribution in [0.15, 0.2) is 23.8 Å². The second-order valence-electron chi connectivity index (χ2n) is 3.38. The summed E-state index contributed by atoms with van der Waals surface area (Å²) < 4.78 is 5.13. The lowest BCUT2D eigenvalue weighted by molar-refractivity contribution is -0.121. The third-order valence-corrected chi connectivity index (χ3v) is 1.80. The Morgan fingerprint density at radius 3 is 2.64 bits per heavy atom. The number of carbonyl (C=O) groups is 1. The van der Waals surface area contributed by atoms with Gasteiger partial charge >= 0.3 is 0 Å². The second-order valence-corrected chi connectivity index (χ2v) is 3.38. The van der Waals surface area contributed by atoms with E-state index in [1.165, 1.54) is 12.5 Å². The van der Waals surface area contributed by atoms with Gasteiger partial charge in [0.25, 0.3) is 0 Å². The fourth-order valence-corrected chi connectivity index (χ4v) is 0.984. The van der Waals surface area contributed by atoms with E-state index in [2.05, 4.69) is 19.1 Å². The first-order chi connectivity index (χ1) is 6.66. The van der Waals surface area contributed by atoms with Gasteiger partial charge in [0.15, 0.2) is 5.78 Å². The maximum atomic E-state index is 10.5. The van der Waals surface area contributed by atoms with Gasteiger partial charge in [-0.3, -0.25) is 4.79 Å². The Balaban J connectivity index is 3.50. The van der Waals surface area contributed by atoms with Crippen LogP contribution >= 0.6 is 0 Å². The van der Waals surface area contributed by atoms with E-state index in [9.17, 15) is 4.79 Å². The molecule has 0 aliphatic carbocycles. The Bertz CT molecular complexity index is 214. The summed E-state index contributed by atoms with van der Waals surface area (Å²) >= 11 is 0. The van der Waals surface area contributed by atoms with Crippen LogP contribution in [0.25, 0.3) is 0 Å². The van der Waals surface area contributed by atoms with E-state index in [1.54, 1.807) is 0 Å². The van der Waals surface area contributed by atoms with Gasteiger partial charge in [-0.15, -0.1) is 0 Å². The van der Waals surface area contributed by atoms with Gasteiger partial charge in [-0.2, -0.15) is 0 Å². The molecule has 0 bridgehead atoms. The third-order valence-electron chi connectivity index (χ3n) is 1.80. The van der Waals surface area contributed by atoms with E-state index in [4.69, 9.17) is 4.74 Å². The first-order valence-electron chi connectivity index (χ1n) is 5.00. The van der Waals surface area contributed by atoms with Crippen molar-refractivity contribution in [3.63, 3.8) is 0 Å². The van der Waals surface area contributed by atoms with Crippen LogP contribution in [0, 0.1) is 0 Å². The van der Waals surface area contributed by atoms with Gasteiger partial charge < -0.3 is 4.74 Å². The molecule has 0 rings (SSSR count). The average Bonchev–Trinajstić information content (AvgIpc) is 2.13. The Morgan fingerprint density at radius 1 is 1.36 bits per heavy atom. The molecule has 2 heteroatoms. The van der Waals surface area contributed by atoms with Crippen molar-refractivity contribution in [3.05, 3.63) is 23.8 Å². The van der Waals surface area contributed by atoms with Crippen molar-refractivity contribution in [3.8, 4) is 0 Å². The number of Topliss-reactive ketones (excluding diaryl/α,β-unsaturated/α-hetero) is 1. The minimum Gasteiger partial charge on any atom is -0.370 e. The summed E-state index contributed by atoms with van der Waals surface area (Å²) in [6, 6.07) is 0. The summed E-state index contributed by atoms with van der Waals surface area (Å²) in [5, 5.41) is 0. The third kappa shape index (κ3) is 9.20. The monoisotopic (exact) mass is 196 g/mol. The Morgan fingerprint density at radius 2 is 2.07 bits per heavy atom. The summed E-state index contributed by atoms with van der Waals surface area (Å²) in [6.07, 6.45) is 8.37. The van der Waals surface area contributed by atoms with Crippen molar-refractivity contribution in [2.45, 2.75) is 33.6 Å². The standard InChI is InChI=1S/C12H20O2/c1-4-5-6-7-11(2)8-9-14-10-12(3)13/h4-5,8H,6-7,9-10H2,1-3H3. The van der Waals surface area contributed by atoms with Crippen LogP contribution in [0.3, 0.4) is 0 Å². The molecule has 0 N–H and O–H groups in total. The van der Waals surface area contributed by atoms with Gasteiger partial charge in [0, 0.05) is 0 Å². The van der Waals surface area contributed by atoms with Crippen molar-refractivity contribution in [1.82, 2.24) is 0 Å². The van der Waals surface area contributed by atoms with Crippen molar-refractivity contribution >= 4 is 5.78 Å². The molecular weight excluding hydrogens is 176 g/mol. The van der Waals surface area contributed by atoms with Crippen LogP contribution < -0.4 is 0 Å². The Labute approximate surface area is 86.6 Å². The van der Waals surface area contributed by atoms with Crippen LogP contribution in [0.5, 0.6) is 0 Å². The molecule has 0 fully saturated rings. The predicted octanol–water partition coefficient (Wildman–Crippen LogP) is 2.89. The highest BCUT2D eigenvalue weighted by molar-refractivity contribution is 5.76. The smallest absolute Gasteiger partial charge is 0.155 e. The molecule has 0 aromatic rings. The highest BCUT2D eigenvalue weighted by Crippen LogP contribution is 2.04. The number of allylic oxidation sites excluding steroid dienone is 3. The maximum absolute atomic E-state index is 10.5. The molecule has 0 aliphatic heterocycles. The molecule has 0 saturated carbocycles. The van der Waals surface area contributed by atoms with E-state index in [-0.39, 0.29) is 12.4 Å². The van der Waals surface area contributed by atoms with Gasteiger partial charge in [0.05, 0.1) is 6.61 Å². The van der Waals surface area contributed by atoms with Gasteiger partial charge in [0.1, 0.15) is 6.61 Å². The summed E-state index contributed by atoms with van der Waals surface area (Å²) in [5.74, 6) is 0.0740. The lowest BCUT2D eigenvalue weighted by atomic mass is 10.1. The van der Waals surface area contributed by atoms with Gasteiger partial charge in [0.2, 0.25) is 0 Å². The van der Waals surface area contributed by atoms with Gasteiger partial charge in [-0.25, -0.2) is 0 Å². The van der Waals surface area contributed by atoms with E-state index in [1.807, 2.05) is 13.0 Å². The summed E-state index contributed by atoms with van der Waals surface area (Å²) in [6.45, 7) is 6.40. The van der Waals surface area contributed by atoms with E-state index in [0.717, 1.165) is 12.8 Å². The molecule has 0 aliphatic rings. The van der Waals surface area contributed by atoms with Crippen LogP contribution in [0.4, 0.5) is 0 Å². The quantitative estimate of drug-likeness (QED) is 0.462. The van der Waals surface area contributed by atoms with E-state index >= 15 is 0 Å². The molecule has 80 valence electrons. The van der Waals surface area contributed by atoms with Gasteiger partial charge in [-0.05, 0) is 33.6 Å². The molecule has 2 nitrogen and oxygen atoms in total. The lowest BCUT2D eigenvalue weighted by Gasteiger charge is -1.99. The van der Waals surface area contributed by atoms with E-state index < -0.39 is 0 Å². The molecule has 0 atom stereocenters. The highest BCUT2D eigenvalue weighted by atomic mass is 16.5. The zero-order valence-electron chi connectivity index (χ0n) is 9.38. The van der Waals surface area contributed by atoms with Crippen molar-refractivity contribution < 1.29 is 9.53 Å². The fourth-order valence-electron chi connectivity index (χ4n) is 0.984. The zero-order valence-corrected chi connectivity index (χ0v) is 9.38. The van der Waals surface area contributed by atoms with Crippen molar-refractivity contribution in [2.24, 2.45) is 0 Å². The molecule has 0 aromatic carbocycles. The summed E-state index contributed by atoms with van der Waals surface area (Å²) in [4.78, 5) is 10.5. The zero-order chi connectivity index (χ0) is 10.8. The Kier molecular flexibility index (Phi) is 8.14. The number of ketones is 1. The first-order valence-corrected chi connectivity index (χ1v) is 5.00. The van der Waals surface area contributed by atoms with Crippen molar-refractivity contribution in [2.75, 3.05) is 13.2 Å². The predicted molar refractivity (Wildman–Crippen MR) is 59.3 cm³/mol. The topological polar surface area (TPSA) is 26.3 Å². The molecule has 0 spiro atoms. The maximum Gasteiger partial charge on any atom is 0.155 e. The number of hydrogen-bond acceptors (Lipinski definition) is 2. The van der Waals surface area contributed by atoms with Gasteiger partial charge in [-0.1, -0.05) is 23.8 Å². The highest BCUT2D eigenvalue weighted by Gasteiger charge is 1.91. The fraction of sp³-hybridized carbons (Fsp3) is 0.583. The molecular formula is C12H20O2. The Hall–Kier alpha value is -0.890. The number of carbonyl (C=O) groups excluding carboxylic acids is 1. The normalized spacial score (nSPS) is 12.4. The molecule has 0 amide bonds. The second kappa shape index (κ2) is 8.70.